The zero-order valence-electron chi connectivity index (χ0n) is 15.5. The molecule has 9 nitrogen and oxygen atoms in total. The molecule has 0 aliphatic heterocycles. The maximum atomic E-state index is 12.4. The van der Waals surface area contributed by atoms with Gasteiger partial charge in [-0.25, -0.2) is 4.79 Å². The normalized spacial score (nSPS) is 14.6. The highest BCUT2D eigenvalue weighted by Gasteiger charge is 2.28. The zero-order valence-corrected chi connectivity index (χ0v) is 15.5. The average molecular weight is 358 g/mol. The molecule has 0 bridgehead atoms. The molecule has 0 heterocycles. The molecular weight excluding hydrogens is 328 g/mol. The second-order valence-corrected chi connectivity index (χ2v) is 6.82. The molecular formula is C16H30N4O5. The Balaban J connectivity index is 4.88. The first-order valence-corrected chi connectivity index (χ1v) is 8.31. The van der Waals surface area contributed by atoms with Crippen LogP contribution in [-0.4, -0.2) is 53.5 Å². The number of aliphatic carboxylic acids is 1. The van der Waals surface area contributed by atoms with E-state index in [0.717, 1.165) is 0 Å². The van der Waals surface area contributed by atoms with Gasteiger partial charge in [-0.1, -0.05) is 27.7 Å². The van der Waals surface area contributed by atoms with E-state index in [9.17, 15) is 24.3 Å². The van der Waals surface area contributed by atoms with Crippen molar-refractivity contribution in [1.82, 2.24) is 16.0 Å². The van der Waals surface area contributed by atoms with E-state index >= 15 is 0 Å². The second-order valence-electron chi connectivity index (χ2n) is 6.82. The Labute approximate surface area is 148 Å². The number of carbonyl (C=O) groups excluding carboxylic acids is 3. The standard InChI is InChI=1S/C16H30N4O5/c1-8(2)6-11(15(23)20-13(9(3)4)16(24)25)19-12(21)7-18-14(22)10(5)17/h8-11,13H,6-7,17H2,1-5H3,(H,18,22)(H,19,21)(H,20,23)(H,24,25). The van der Waals surface area contributed by atoms with Crippen LogP contribution in [0.5, 0.6) is 0 Å². The monoisotopic (exact) mass is 358 g/mol. The van der Waals surface area contributed by atoms with Crippen molar-refractivity contribution >= 4 is 23.7 Å². The first kappa shape index (κ1) is 22.8. The second kappa shape index (κ2) is 10.7. The van der Waals surface area contributed by atoms with Crippen molar-refractivity contribution in [1.29, 1.82) is 0 Å². The number of hydrogen-bond acceptors (Lipinski definition) is 5. The predicted octanol–water partition coefficient (Wildman–Crippen LogP) is -0.794. The van der Waals surface area contributed by atoms with Gasteiger partial charge in [0, 0.05) is 0 Å². The molecule has 3 amide bonds. The number of carboxylic acid groups (broad SMARTS) is 1. The fourth-order valence-electron chi connectivity index (χ4n) is 2.04. The van der Waals surface area contributed by atoms with Crippen LogP contribution in [0, 0.1) is 11.8 Å². The van der Waals surface area contributed by atoms with E-state index in [1.54, 1.807) is 13.8 Å². The van der Waals surface area contributed by atoms with Crippen molar-refractivity contribution in [2.24, 2.45) is 17.6 Å². The Hall–Kier alpha value is -2.16. The highest BCUT2D eigenvalue weighted by Crippen LogP contribution is 2.07. The van der Waals surface area contributed by atoms with E-state index in [1.165, 1.54) is 6.92 Å². The van der Waals surface area contributed by atoms with Gasteiger partial charge in [0.1, 0.15) is 12.1 Å². The fraction of sp³-hybridized carbons (Fsp3) is 0.750. The zero-order chi connectivity index (χ0) is 19.7. The minimum atomic E-state index is -1.14. The number of hydrogen-bond donors (Lipinski definition) is 5. The Bertz CT molecular complexity index is 491. The van der Waals surface area contributed by atoms with Gasteiger partial charge in [-0.15, -0.1) is 0 Å². The lowest BCUT2D eigenvalue weighted by atomic mass is 10.0. The number of amides is 3. The third-order valence-electron chi connectivity index (χ3n) is 3.43. The van der Waals surface area contributed by atoms with Crippen molar-refractivity contribution < 1.29 is 24.3 Å². The summed E-state index contributed by atoms with van der Waals surface area (Å²) < 4.78 is 0. The molecule has 0 saturated carbocycles. The summed E-state index contributed by atoms with van der Waals surface area (Å²) in [7, 11) is 0. The van der Waals surface area contributed by atoms with Crippen LogP contribution in [0.15, 0.2) is 0 Å². The molecule has 0 fully saturated rings. The molecule has 9 heteroatoms. The van der Waals surface area contributed by atoms with E-state index in [0.29, 0.717) is 6.42 Å². The van der Waals surface area contributed by atoms with Gasteiger partial charge in [0.05, 0.1) is 12.6 Å². The summed E-state index contributed by atoms with van der Waals surface area (Å²) in [5, 5.41) is 16.5. The Morgan fingerprint density at radius 2 is 1.52 bits per heavy atom. The van der Waals surface area contributed by atoms with Crippen LogP contribution in [0.1, 0.15) is 41.0 Å². The van der Waals surface area contributed by atoms with Crippen LogP contribution in [0.25, 0.3) is 0 Å². The summed E-state index contributed by atoms with van der Waals surface area (Å²) in [6.07, 6.45) is 0.337. The Kier molecular flexibility index (Phi) is 9.73. The third kappa shape index (κ3) is 9.04. The maximum Gasteiger partial charge on any atom is 0.326 e. The van der Waals surface area contributed by atoms with Crippen molar-refractivity contribution in [2.75, 3.05) is 6.54 Å². The summed E-state index contributed by atoms with van der Waals surface area (Å²) in [6, 6.07) is -2.68. The van der Waals surface area contributed by atoms with Gasteiger partial charge in [-0.3, -0.25) is 14.4 Å². The van der Waals surface area contributed by atoms with E-state index in [-0.39, 0.29) is 18.4 Å². The summed E-state index contributed by atoms with van der Waals surface area (Å²) in [6.45, 7) is 8.29. The first-order chi connectivity index (χ1) is 11.5. The molecule has 0 aromatic carbocycles. The molecule has 0 spiro atoms. The van der Waals surface area contributed by atoms with Crippen LogP contribution >= 0.6 is 0 Å². The van der Waals surface area contributed by atoms with Crippen molar-refractivity contribution in [2.45, 2.75) is 59.2 Å². The van der Waals surface area contributed by atoms with Gasteiger partial charge >= 0.3 is 5.97 Å². The average Bonchev–Trinajstić information content (AvgIpc) is 2.47. The molecule has 144 valence electrons. The van der Waals surface area contributed by atoms with Crippen molar-refractivity contribution in [3.63, 3.8) is 0 Å². The SMILES string of the molecule is CC(C)CC(NC(=O)CNC(=O)C(C)N)C(=O)NC(C(=O)O)C(C)C. The fourth-order valence-corrected chi connectivity index (χ4v) is 2.04. The summed E-state index contributed by atoms with van der Waals surface area (Å²) in [5.41, 5.74) is 5.39. The van der Waals surface area contributed by atoms with E-state index < -0.39 is 41.8 Å². The molecule has 0 aromatic rings. The van der Waals surface area contributed by atoms with Gasteiger partial charge in [-0.2, -0.15) is 0 Å². The maximum absolute atomic E-state index is 12.4. The first-order valence-electron chi connectivity index (χ1n) is 8.31. The highest BCUT2D eigenvalue weighted by molar-refractivity contribution is 5.92. The number of nitrogens with one attached hydrogen (secondary N) is 3. The third-order valence-corrected chi connectivity index (χ3v) is 3.43. The van der Waals surface area contributed by atoms with Gasteiger partial charge in [0.15, 0.2) is 0 Å². The number of carbonyl (C=O) groups is 4. The molecule has 6 N–H and O–H groups in total. The van der Waals surface area contributed by atoms with E-state index in [1.807, 2.05) is 13.8 Å². The number of nitrogens with two attached hydrogens (primary N) is 1. The molecule has 0 rings (SSSR count). The van der Waals surface area contributed by atoms with Gasteiger partial charge in [-0.05, 0) is 25.2 Å². The van der Waals surface area contributed by atoms with Gasteiger partial charge < -0.3 is 26.8 Å². The van der Waals surface area contributed by atoms with E-state index in [2.05, 4.69) is 16.0 Å². The smallest absolute Gasteiger partial charge is 0.326 e. The van der Waals surface area contributed by atoms with E-state index in [4.69, 9.17) is 5.73 Å². The molecule has 0 radical (unpaired) electrons. The summed E-state index contributed by atoms with van der Waals surface area (Å²) in [5.74, 6) is -2.94. The predicted molar refractivity (Wildman–Crippen MR) is 92.4 cm³/mol. The van der Waals surface area contributed by atoms with Crippen molar-refractivity contribution in [3.05, 3.63) is 0 Å². The molecule has 0 aliphatic rings. The van der Waals surface area contributed by atoms with Gasteiger partial charge in [0.2, 0.25) is 17.7 Å². The number of carboxylic acids is 1. The largest absolute Gasteiger partial charge is 0.480 e. The lowest BCUT2D eigenvalue weighted by Crippen LogP contribution is -2.55. The van der Waals surface area contributed by atoms with Gasteiger partial charge in [0.25, 0.3) is 0 Å². The quantitative estimate of drug-likeness (QED) is 0.345. The Morgan fingerprint density at radius 1 is 0.960 bits per heavy atom. The molecule has 0 saturated heterocycles. The van der Waals surface area contributed by atoms with Crippen LogP contribution < -0.4 is 21.7 Å². The van der Waals surface area contributed by atoms with Crippen LogP contribution in [0.3, 0.4) is 0 Å². The number of rotatable bonds is 10. The summed E-state index contributed by atoms with van der Waals surface area (Å²) in [4.78, 5) is 46.9. The minimum absolute atomic E-state index is 0.0945. The molecule has 25 heavy (non-hydrogen) atoms. The lowest BCUT2D eigenvalue weighted by molar-refractivity contribution is -0.143. The van der Waals surface area contributed by atoms with Crippen molar-refractivity contribution in [3.8, 4) is 0 Å². The minimum Gasteiger partial charge on any atom is -0.480 e. The highest BCUT2D eigenvalue weighted by atomic mass is 16.4. The van der Waals surface area contributed by atoms with Crippen LogP contribution in [-0.2, 0) is 19.2 Å². The molecule has 0 aliphatic carbocycles. The molecule has 3 atom stereocenters. The van der Waals surface area contributed by atoms with Crippen LogP contribution in [0.4, 0.5) is 0 Å². The lowest BCUT2D eigenvalue weighted by Gasteiger charge is -2.24. The van der Waals surface area contributed by atoms with Crippen LogP contribution in [0.2, 0.25) is 0 Å². The topological polar surface area (TPSA) is 151 Å². The summed E-state index contributed by atoms with van der Waals surface area (Å²) >= 11 is 0. The molecule has 0 aromatic heterocycles. The molecule has 3 unspecified atom stereocenters. The Morgan fingerprint density at radius 3 is 1.92 bits per heavy atom.